The van der Waals surface area contributed by atoms with E-state index in [-0.39, 0.29) is 0 Å². The minimum absolute atomic E-state index is 0.624. The predicted molar refractivity (Wildman–Crippen MR) is 65.1 cm³/mol. The number of thiazole rings is 1. The highest BCUT2D eigenvalue weighted by Gasteiger charge is 2.13. The van der Waals surface area contributed by atoms with E-state index in [0.717, 1.165) is 15.8 Å². The Kier molecular flexibility index (Phi) is 2.78. The molecule has 0 saturated heterocycles. The number of benzene rings is 1. The summed E-state index contributed by atoms with van der Waals surface area (Å²) < 4.78 is 1.07. The number of fused-ring (bicyclic) bond motifs is 1. The van der Waals surface area contributed by atoms with Crippen LogP contribution in [-0.4, -0.2) is 22.1 Å². The topological polar surface area (TPSA) is 62.2 Å². The Hall–Kier alpha value is -1.62. The molecule has 0 aliphatic carbocycles. The van der Waals surface area contributed by atoms with E-state index >= 15 is 0 Å². The number of carboxylic acids is 1. The largest absolute Gasteiger partial charge is 0.480 e. The summed E-state index contributed by atoms with van der Waals surface area (Å²) >= 11 is 1.47. The summed E-state index contributed by atoms with van der Waals surface area (Å²) in [6, 6.07) is 5.32. The second kappa shape index (κ2) is 4.09. The zero-order valence-corrected chi connectivity index (χ0v) is 9.84. The van der Waals surface area contributed by atoms with E-state index in [1.165, 1.54) is 11.3 Å². The monoisotopic (exact) mass is 236 g/mol. The molecule has 1 aromatic heterocycles. The van der Waals surface area contributed by atoms with E-state index in [0.29, 0.717) is 5.13 Å². The number of carboxylic acid groups (broad SMARTS) is 1. The number of rotatable bonds is 3. The molecule has 1 heterocycles. The number of nitrogens with zero attached hydrogens (tertiary/aromatic N) is 1. The lowest BCUT2D eigenvalue weighted by Gasteiger charge is -2.05. The Morgan fingerprint density at radius 3 is 2.94 bits per heavy atom. The van der Waals surface area contributed by atoms with Gasteiger partial charge in [0.1, 0.15) is 6.04 Å². The average molecular weight is 236 g/mol. The minimum Gasteiger partial charge on any atom is -0.480 e. The summed E-state index contributed by atoms with van der Waals surface area (Å²) in [6.07, 6.45) is 0. The maximum atomic E-state index is 10.7. The Bertz CT molecular complexity index is 536. The highest BCUT2D eigenvalue weighted by atomic mass is 32.1. The number of nitrogens with one attached hydrogen (secondary N) is 1. The van der Waals surface area contributed by atoms with Crippen LogP contribution in [0, 0.1) is 6.92 Å². The lowest BCUT2D eigenvalue weighted by Crippen LogP contribution is -2.25. The van der Waals surface area contributed by atoms with Gasteiger partial charge in [0.2, 0.25) is 0 Å². The van der Waals surface area contributed by atoms with E-state index in [4.69, 9.17) is 5.11 Å². The molecule has 1 atom stereocenters. The van der Waals surface area contributed by atoms with Crippen molar-refractivity contribution in [1.82, 2.24) is 4.98 Å². The van der Waals surface area contributed by atoms with Gasteiger partial charge in [0.15, 0.2) is 5.13 Å². The van der Waals surface area contributed by atoms with Crippen LogP contribution in [0.3, 0.4) is 0 Å². The van der Waals surface area contributed by atoms with Gasteiger partial charge in [-0.2, -0.15) is 0 Å². The summed E-state index contributed by atoms with van der Waals surface area (Å²) in [5.74, 6) is -0.879. The number of aromatic nitrogens is 1. The number of para-hydroxylation sites is 1. The third kappa shape index (κ3) is 1.99. The van der Waals surface area contributed by atoms with Gasteiger partial charge >= 0.3 is 5.97 Å². The standard InChI is InChI=1S/C11H12N2O2S/c1-6-4-3-5-8-9(6)13-11(16-8)12-7(2)10(14)15/h3-5,7H,1-2H3,(H,12,13)(H,14,15). The molecule has 0 aliphatic heterocycles. The van der Waals surface area contributed by atoms with Crippen molar-refractivity contribution in [3.05, 3.63) is 23.8 Å². The van der Waals surface area contributed by atoms with Crippen molar-refractivity contribution in [3.8, 4) is 0 Å². The molecule has 2 rings (SSSR count). The van der Waals surface area contributed by atoms with Crippen LogP contribution in [0.25, 0.3) is 10.2 Å². The number of hydrogen-bond donors (Lipinski definition) is 2. The molecule has 1 unspecified atom stereocenters. The first kappa shape index (κ1) is 10.9. The molecule has 4 nitrogen and oxygen atoms in total. The van der Waals surface area contributed by atoms with Gasteiger partial charge in [0.25, 0.3) is 0 Å². The summed E-state index contributed by atoms with van der Waals surface area (Å²) in [6.45, 7) is 3.59. The van der Waals surface area contributed by atoms with Crippen molar-refractivity contribution in [2.45, 2.75) is 19.9 Å². The molecule has 16 heavy (non-hydrogen) atoms. The molecule has 0 aliphatic rings. The molecule has 0 radical (unpaired) electrons. The zero-order valence-electron chi connectivity index (χ0n) is 9.02. The van der Waals surface area contributed by atoms with Crippen LogP contribution in [0.4, 0.5) is 5.13 Å². The highest BCUT2D eigenvalue weighted by Crippen LogP contribution is 2.28. The van der Waals surface area contributed by atoms with Crippen LogP contribution in [0.1, 0.15) is 12.5 Å². The smallest absolute Gasteiger partial charge is 0.325 e. The molecule has 84 valence electrons. The van der Waals surface area contributed by atoms with Gasteiger partial charge in [-0.25, -0.2) is 4.98 Å². The van der Waals surface area contributed by atoms with Crippen LogP contribution >= 0.6 is 11.3 Å². The molecule has 0 saturated carbocycles. The summed E-state index contributed by atoms with van der Waals surface area (Å²) in [4.78, 5) is 15.1. The third-order valence-corrected chi connectivity index (χ3v) is 3.28. The van der Waals surface area contributed by atoms with Gasteiger partial charge in [0.05, 0.1) is 10.2 Å². The van der Waals surface area contributed by atoms with E-state index in [1.807, 2.05) is 25.1 Å². The SMILES string of the molecule is Cc1cccc2sc(NC(C)C(=O)O)nc12. The summed E-state index contributed by atoms with van der Waals surface area (Å²) in [7, 11) is 0. The first-order valence-electron chi connectivity index (χ1n) is 4.93. The minimum atomic E-state index is -0.879. The van der Waals surface area contributed by atoms with Crippen LogP contribution in [0.5, 0.6) is 0 Å². The van der Waals surface area contributed by atoms with Crippen LogP contribution < -0.4 is 5.32 Å². The molecule has 5 heteroatoms. The molecule has 0 spiro atoms. The van der Waals surface area contributed by atoms with Gasteiger partial charge in [-0.3, -0.25) is 4.79 Å². The zero-order chi connectivity index (χ0) is 11.7. The predicted octanol–water partition coefficient (Wildman–Crippen LogP) is 2.49. The molecule has 0 bridgehead atoms. The van der Waals surface area contributed by atoms with E-state index in [9.17, 15) is 4.79 Å². The van der Waals surface area contributed by atoms with Crippen molar-refractivity contribution in [2.24, 2.45) is 0 Å². The van der Waals surface area contributed by atoms with Crippen molar-refractivity contribution in [2.75, 3.05) is 5.32 Å². The van der Waals surface area contributed by atoms with Crippen molar-refractivity contribution in [1.29, 1.82) is 0 Å². The van der Waals surface area contributed by atoms with Crippen molar-refractivity contribution in [3.63, 3.8) is 0 Å². The second-order valence-electron chi connectivity index (χ2n) is 3.64. The fourth-order valence-corrected chi connectivity index (χ4v) is 2.43. The summed E-state index contributed by atoms with van der Waals surface area (Å²) in [5, 5.41) is 12.3. The van der Waals surface area contributed by atoms with Gasteiger partial charge in [0, 0.05) is 0 Å². The quantitative estimate of drug-likeness (QED) is 0.859. The van der Waals surface area contributed by atoms with Gasteiger partial charge < -0.3 is 10.4 Å². The maximum absolute atomic E-state index is 10.7. The fraction of sp³-hybridized carbons (Fsp3) is 0.273. The molecule has 2 N–H and O–H groups in total. The third-order valence-electron chi connectivity index (χ3n) is 2.33. The average Bonchev–Trinajstić information content (AvgIpc) is 2.61. The number of anilines is 1. The lowest BCUT2D eigenvalue weighted by molar-refractivity contribution is -0.137. The van der Waals surface area contributed by atoms with Crippen LogP contribution in [-0.2, 0) is 4.79 Å². The first-order valence-corrected chi connectivity index (χ1v) is 5.75. The van der Waals surface area contributed by atoms with E-state index < -0.39 is 12.0 Å². The molecule has 0 fully saturated rings. The first-order chi connectivity index (χ1) is 7.58. The maximum Gasteiger partial charge on any atom is 0.325 e. The molecular weight excluding hydrogens is 224 g/mol. The van der Waals surface area contributed by atoms with Crippen LogP contribution in [0.2, 0.25) is 0 Å². The Balaban J connectivity index is 2.33. The normalized spacial score (nSPS) is 12.6. The molecule has 2 aromatic rings. The second-order valence-corrected chi connectivity index (χ2v) is 4.68. The van der Waals surface area contributed by atoms with Crippen molar-refractivity contribution >= 4 is 32.7 Å². The number of aliphatic carboxylic acids is 1. The van der Waals surface area contributed by atoms with E-state index in [1.54, 1.807) is 6.92 Å². The van der Waals surface area contributed by atoms with Gasteiger partial charge in [-0.05, 0) is 25.5 Å². The van der Waals surface area contributed by atoms with Gasteiger partial charge in [-0.15, -0.1) is 0 Å². The highest BCUT2D eigenvalue weighted by molar-refractivity contribution is 7.22. The van der Waals surface area contributed by atoms with E-state index in [2.05, 4.69) is 10.3 Å². The Labute approximate surface area is 96.9 Å². The van der Waals surface area contributed by atoms with Gasteiger partial charge in [-0.1, -0.05) is 23.5 Å². The number of carbonyl (C=O) groups is 1. The number of aryl methyl sites for hydroxylation is 1. The summed E-state index contributed by atoms with van der Waals surface area (Å²) in [5.41, 5.74) is 2.04. The molecule has 0 amide bonds. The number of hydrogen-bond acceptors (Lipinski definition) is 4. The van der Waals surface area contributed by atoms with Crippen molar-refractivity contribution < 1.29 is 9.90 Å². The molecular formula is C11H12N2O2S. The lowest BCUT2D eigenvalue weighted by atomic mass is 10.2. The Morgan fingerprint density at radius 1 is 1.56 bits per heavy atom. The van der Waals surface area contributed by atoms with Crippen LogP contribution in [0.15, 0.2) is 18.2 Å². The fourth-order valence-electron chi connectivity index (χ4n) is 1.39. The molecule has 1 aromatic carbocycles. The Morgan fingerprint density at radius 2 is 2.31 bits per heavy atom.